The first-order chi connectivity index (χ1) is 8.31. The van der Waals surface area contributed by atoms with Crippen molar-refractivity contribution in [2.24, 2.45) is 5.92 Å². The van der Waals surface area contributed by atoms with Gasteiger partial charge < -0.3 is 10.3 Å². The summed E-state index contributed by atoms with van der Waals surface area (Å²) < 4.78 is 0.808. The highest BCUT2D eigenvalue weighted by Crippen LogP contribution is 2.28. The maximum absolute atomic E-state index is 5.91. The average Bonchev–Trinajstić information content (AvgIpc) is 2.85. The summed E-state index contributed by atoms with van der Waals surface area (Å²) in [5.74, 6) is 1.89. The minimum Gasteiger partial charge on any atom is -0.341 e. The Morgan fingerprint density at radius 1 is 1.53 bits per heavy atom. The number of nitrogens with zero attached hydrogens (tertiary/aromatic N) is 1. The van der Waals surface area contributed by atoms with Crippen molar-refractivity contribution in [3.8, 4) is 11.3 Å². The summed E-state index contributed by atoms with van der Waals surface area (Å²) >= 11 is 7.45. The van der Waals surface area contributed by atoms with Crippen LogP contribution < -0.4 is 5.32 Å². The number of nitrogens with one attached hydrogen (secondary N) is 2. The Morgan fingerprint density at radius 2 is 2.41 bits per heavy atom. The van der Waals surface area contributed by atoms with E-state index in [2.05, 4.69) is 15.3 Å². The monoisotopic (exact) mass is 267 g/mol. The van der Waals surface area contributed by atoms with Crippen LogP contribution in [0.3, 0.4) is 0 Å². The van der Waals surface area contributed by atoms with Gasteiger partial charge in [-0.1, -0.05) is 11.6 Å². The molecule has 0 amide bonds. The lowest BCUT2D eigenvalue weighted by Crippen LogP contribution is -2.16. The number of hydrogen-bond donors (Lipinski definition) is 2. The number of aromatic amines is 1. The first-order valence-electron chi connectivity index (χ1n) is 5.80. The van der Waals surface area contributed by atoms with Crippen LogP contribution in [0.2, 0.25) is 4.34 Å². The smallest absolute Gasteiger partial charge is 0.120 e. The molecule has 0 spiro atoms. The Bertz CT molecular complexity index is 501. The highest BCUT2D eigenvalue weighted by Gasteiger charge is 2.20. The normalized spacial score (nSPS) is 15.4. The molecular weight excluding hydrogens is 254 g/mol. The Kier molecular flexibility index (Phi) is 3.18. The highest BCUT2D eigenvalue weighted by atomic mass is 35.5. The summed E-state index contributed by atoms with van der Waals surface area (Å²) in [4.78, 5) is 7.67. The number of halogens is 1. The van der Waals surface area contributed by atoms with Crippen LogP contribution in [0, 0.1) is 5.92 Å². The lowest BCUT2D eigenvalue weighted by molar-refractivity contribution is 0.623. The molecule has 2 aromatic rings. The van der Waals surface area contributed by atoms with E-state index in [1.54, 1.807) is 11.3 Å². The molecule has 0 aromatic carbocycles. The largest absolute Gasteiger partial charge is 0.341 e. The van der Waals surface area contributed by atoms with Gasteiger partial charge in [-0.25, -0.2) is 4.98 Å². The molecule has 2 N–H and O–H groups in total. The third kappa shape index (κ3) is 2.89. The number of thiophene rings is 1. The van der Waals surface area contributed by atoms with Crippen LogP contribution in [0.15, 0.2) is 17.6 Å². The minimum absolute atomic E-state index is 0.808. The molecule has 0 radical (unpaired) electrons. The molecule has 3 rings (SSSR count). The number of hydrogen-bond acceptors (Lipinski definition) is 3. The molecule has 0 unspecified atom stereocenters. The van der Waals surface area contributed by atoms with E-state index >= 15 is 0 Å². The van der Waals surface area contributed by atoms with Crippen molar-refractivity contribution < 1.29 is 0 Å². The molecule has 1 saturated carbocycles. The van der Waals surface area contributed by atoms with Gasteiger partial charge in [0.25, 0.3) is 0 Å². The fraction of sp³-hybridized carbons (Fsp3) is 0.417. The Hall–Kier alpha value is -0.840. The Morgan fingerprint density at radius 3 is 3.12 bits per heavy atom. The minimum atomic E-state index is 0.808. The van der Waals surface area contributed by atoms with E-state index < -0.39 is 0 Å². The molecule has 3 nitrogen and oxygen atoms in total. The summed E-state index contributed by atoms with van der Waals surface area (Å²) in [5.41, 5.74) is 2.15. The second kappa shape index (κ2) is 4.80. The third-order valence-corrected chi connectivity index (χ3v) is 4.02. The van der Waals surface area contributed by atoms with Gasteiger partial charge in [0.2, 0.25) is 0 Å². The molecule has 0 bridgehead atoms. The molecule has 0 aliphatic heterocycles. The quantitative estimate of drug-likeness (QED) is 0.873. The van der Waals surface area contributed by atoms with Crippen molar-refractivity contribution >= 4 is 22.9 Å². The molecule has 2 heterocycles. The van der Waals surface area contributed by atoms with E-state index in [0.29, 0.717) is 0 Å². The number of H-pyrrole nitrogens is 1. The van der Waals surface area contributed by atoms with E-state index in [-0.39, 0.29) is 0 Å². The van der Waals surface area contributed by atoms with Gasteiger partial charge in [0.05, 0.1) is 22.8 Å². The average molecular weight is 268 g/mol. The van der Waals surface area contributed by atoms with E-state index in [0.717, 1.165) is 40.4 Å². The van der Waals surface area contributed by atoms with E-state index in [1.165, 1.54) is 12.8 Å². The van der Waals surface area contributed by atoms with Crippen LogP contribution in [0.5, 0.6) is 0 Å². The zero-order valence-electron chi connectivity index (χ0n) is 9.37. The van der Waals surface area contributed by atoms with Crippen LogP contribution in [0.25, 0.3) is 11.3 Å². The molecule has 1 aliphatic rings. The molecule has 2 aromatic heterocycles. The van der Waals surface area contributed by atoms with E-state index in [4.69, 9.17) is 11.6 Å². The molecular formula is C12H14ClN3S. The van der Waals surface area contributed by atoms with E-state index in [9.17, 15) is 0 Å². The zero-order chi connectivity index (χ0) is 11.7. The van der Waals surface area contributed by atoms with Crippen molar-refractivity contribution in [2.75, 3.05) is 6.54 Å². The van der Waals surface area contributed by atoms with Gasteiger partial charge in [0, 0.05) is 10.9 Å². The van der Waals surface area contributed by atoms with Crippen LogP contribution in [-0.2, 0) is 6.54 Å². The summed E-state index contributed by atoms with van der Waals surface area (Å²) in [5, 5.41) is 5.46. The predicted octanol–water partition coefficient (Wildman–Crippen LogP) is 3.29. The van der Waals surface area contributed by atoms with Crippen molar-refractivity contribution in [2.45, 2.75) is 19.4 Å². The first kappa shape index (κ1) is 11.3. The molecule has 90 valence electrons. The maximum Gasteiger partial charge on any atom is 0.120 e. The van der Waals surface area contributed by atoms with Gasteiger partial charge in [-0.3, -0.25) is 0 Å². The highest BCUT2D eigenvalue weighted by molar-refractivity contribution is 7.14. The van der Waals surface area contributed by atoms with Gasteiger partial charge in [-0.15, -0.1) is 11.3 Å². The third-order valence-electron chi connectivity index (χ3n) is 2.93. The Labute approximate surface area is 109 Å². The standard InChI is InChI=1S/C12H14ClN3S/c13-11-3-9(7-17-11)10-5-15-12(16-10)6-14-4-8-1-2-8/h3,5,7-8,14H,1-2,4,6H2,(H,15,16). The molecule has 5 heteroatoms. The predicted molar refractivity (Wildman–Crippen MR) is 71.3 cm³/mol. The SMILES string of the molecule is Clc1cc(-c2cnc(CNCC3CC3)[nH]2)cs1. The lowest BCUT2D eigenvalue weighted by atomic mass is 10.3. The second-order valence-electron chi connectivity index (χ2n) is 4.46. The fourth-order valence-electron chi connectivity index (χ4n) is 1.77. The van der Waals surface area contributed by atoms with Crippen molar-refractivity contribution in [1.82, 2.24) is 15.3 Å². The number of aromatic nitrogens is 2. The maximum atomic E-state index is 5.91. The van der Waals surface area contributed by atoms with Crippen LogP contribution >= 0.6 is 22.9 Å². The van der Waals surface area contributed by atoms with Crippen LogP contribution in [0.1, 0.15) is 18.7 Å². The first-order valence-corrected chi connectivity index (χ1v) is 7.06. The van der Waals surface area contributed by atoms with Crippen molar-refractivity contribution in [1.29, 1.82) is 0 Å². The molecule has 1 fully saturated rings. The van der Waals surface area contributed by atoms with Crippen molar-refractivity contribution in [3.05, 3.63) is 27.8 Å². The molecule has 1 aliphatic carbocycles. The van der Waals surface area contributed by atoms with Gasteiger partial charge in [0.1, 0.15) is 5.82 Å². The van der Waals surface area contributed by atoms with Crippen LogP contribution in [0.4, 0.5) is 0 Å². The topological polar surface area (TPSA) is 40.7 Å². The summed E-state index contributed by atoms with van der Waals surface area (Å²) in [6.45, 7) is 1.93. The number of imidazole rings is 1. The van der Waals surface area contributed by atoms with Gasteiger partial charge >= 0.3 is 0 Å². The Balaban J connectivity index is 1.61. The fourth-order valence-corrected chi connectivity index (χ4v) is 2.65. The summed E-state index contributed by atoms with van der Waals surface area (Å²) in [7, 11) is 0. The van der Waals surface area contributed by atoms with Gasteiger partial charge in [-0.2, -0.15) is 0 Å². The van der Waals surface area contributed by atoms with Gasteiger partial charge in [0.15, 0.2) is 0 Å². The summed E-state index contributed by atoms with van der Waals surface area (Å²) in [6.07, 6.45) is 4.63. The van der Waals surface area contributed by atoms with Crippen LogP contribution in [-0.4, -0.2) is 16.5 Å². The van der Waals surface area contributed by atoms with Crippen molar-refractivity contribution in [3.63, 3.8) is 0 Å². The lowest BCUT2D eigenvalue weighted by Gasteiger charge is -1.99. The van der Waals surface area contributed by atoms with Gasteiger partial charge in [-0.05, 0) is 31.4 Å². The molecule has 17 heavy (non-hydrogen) atoms. The molecule has 0 atom stereocenters. The zero-order valence-corrected chi connectivity index (χ0v) is 10.9. The van der Waals surface area contributed by atoms with E-state index in [1.807, 2.05) is 17.6 Å². The molecule has 0 saturated heterocycles. The number of rotatable bonds is 5. The summed E-state index contributed by atoms with van der Waals surface area (Å²) in [6, 6.07) is 1.96. The second-order valence-corrected chi connectivity index (χ2v) is 6.00.